The number of phenolic OH excluding ortho intramolecular Hbond substituents is 1. The third-order valence-corrected chi connectivity index (χ3v) is 7.21. The van der Waals surface area contributed by atoms with E-state index >= 15 is 0 Å². The lowest BCUT2D eigenvalue weighted by molar-refractivity contribution is -0.174. The van der Waals surface area contributed by atoms with Gasteiger partial charge in [-0.3, -0.25) is 4.90 Å². The first-order valence-electron chi connectivity index (χ1n) is 10.8. The van der Waals surface area contributed by atoms with Gasteiger partial charge in [-0.2, -0.15) is 0 Å². The van der Waals surface area contributed by atoms with Crippen LogP contribution in [-0.4, -0.2) is 45.9 Å². The molecule has 3 fully saturated rings. The summed E-state index contributed by atoms with van der Waals surface area (Å²) in [6, 6.07) is 3.11. The number of hydrogen-bond acceptors (Lipinski definition) is 4. The first-order chi connectivity index (χ1) is 13.2. The predicted molar refractivity (Wildman–Crippen MR) is 93.9 cm³/mol. The minimum Gasteiger partial charge on any atom is -0.504 e. The Morgan fingerprint density at radius 3 is 3.04 bits per heavy atom. The van der Waals surface area contributed by atoms with Gasteiger partial charge in [0.05, 0.1) is 11.0 Å². The maximum atomic E-state index is 12.2. The van der Waals surface area contributed by atoms with Crippen molar-refractivity contribution in [1.82, 2.24) is 4.90 Å². The van der Waals surface area contributed by atoms with Crippen LogP contribution >= 0.6 is 0 Å². The lowest BCUT2D eigenvalue weighted by Crippen LogP contribution is -2.75. The summed E-state index contributed by atoms with van der Waals surface area (Å²) in [4.78, 5) is 1.77. The van der Waals surface area contributed by atoms with Gasteiger partial charge in [-0.25, -0.2) is 0 Å². The quantitative estimate of drug-likeness (QED) is 0.811. The maximum Gasteiger partial charge on any atom is 0.166 e. The van der Waals surface area contributed by atoms with E-state index < -0.39 is 35.6 Å². The molecular weight excluding hydrogens is 314 g/mol. The van der Waals surface area contributed by atoms with Crippen molar-refractivity contribution in [2.24, 2.45) is 5.89 Å². The van der Waals surface area contributed by atoms with Gasteiger partial charge in [-0.15, -0.1) is 0 Å². The zero-order chi connectivity index (χ0) is 19.7. The summed E-state index contributed by atoms with van der Waals surface area (Å²) >= 11 is 0. The number of nitrogens with zero attached hydrogens (tertiary/aromatic N) is 1. The molecule has 25 heavy (non-hydrogen) atoms. The lowest BCUT2D eigenvalue weighted by Gasteiger charge is -2.63. The average Bonchev–Trinajstić information content (AvgIpc) is 3.29. The third-order valence-electron chi connectivity index (χ3n) is 7.21. The van der Waals surface area contributed by atoms with E-state index in [1.54, 1.807) is 11.0 Å². The highest BCUT2D eigenvalue weighted by atomic mass is 16.5. The second kappa shape index (κ2) is 4.41. The van der Waals surface area contributed by atoms with Gasteiger partial charge in [0.25, 0.3) is 0 Å². The lowest BCUT2D eigenvalue weighted by atomic mass is 9.48. The number of aromatic hydroxyl groups is 1. The molecule has 2 heterocycles. The summed E-state index contributed by atoms with van der Waals surface area (Å²) < 4.78 is 32.3. The van der Waals surface area contributed by atoms with E-state index in [4.69, 9.17) is 8.85 Å². The van der Waals surface area contributed by atoms with Gasteiger partial charge >= 0.3 is 0 Å². The Bertz CT molecular complexity index is 930. The zero-order valence-electron chi connectivity index (χ0n) is 17.2. The fourth-order valence-corrected chi connectivity index (χ4v) is 5.97. The molecule has 0 aromatic heterocycles. The van der Waals surface area contributed by atoms with E-state index in [-0.39, 0.29) is 5.75 Å². The molecule has 4 heteroatoms. The van der Waals surface area contributed by atoms with Crippen LogP contribution in [0.3, 0.4) is 0 Å². The standard InChI is InChI=1S/C21H25NO3/c1-12-6-7-21(24)16-10-14-4-5-15(23)18-17(14)20(21,19(12)25-18)8-9-22(16)11-13-2-3-13/h4-5,13,16,19,23-24H,1-3,6-11H2/t16?,19?,20-,21+/m0/s1/i11D2,13D. The molecule has 0 amide bonds. The van der Waals surface area contributed by atoms with Gasteiger partial charge in [0, 0.05) is 22.2 Å². The SMILES string of the molecule is [2H]C1(C([2H])([2H])N2CC[C@]34c5c6ccc(O)c5OC3C(=C)CC[C@@]4(O)C2C6)CC1. The van der Waals surface area contributed by atoms with Gasteiger partial charge in [-0.1, -0.05) is 12.6 Å². The monoisotopic (exact) mass is 342 g/mol. The summed E-state index contributed by atoms with van der Waals surface area (Å²) in [6.07, 6.45) is 2.87. The molecule has 2 aliphatic heterocycles. The first kappa shape index (κ1) is 12.0. The largest absolute Gasteiger partial charge is 0.504 e. The second-order valence-corrected chi connectivity index (χ2v) is 8.38. The third kappa shape index (κ3) is 1.57. The minimum atomic E-state index is -1.78. The van der Waals surface area contributed by atoms with E-state index in [1.807, 2.05) is 6.07 Å². The molecule has 2 saturated carbocycles. The van der Waals surface area contributed by atoms with E-state index in [0.29, 0.717) is 50.8 Å². The van der Waals surface area contributed by atoms with Crippen LogP contribution in [0.2, 0.25) is 0 Å². The highest BCUT2D eigenvalue weighted by Crippen LogP contribution is 2.66. The molecule has 3 aliphatic carbocycles. The smallest absolute Gasteiger partial charge is 0.166 e. The molecule has 4 atom stereocenters. The number of phenols is 1. The fraction of sp³-hybridized carbons (Fsp3) is 0.619. The number of piperidine rings is 1. The molecule has 2 N–H and O–H groups in total. The Hall–Kier alpha value is -1.52. The summed E-state index contributed by atoms with van der Waals surface area (Å²) in [5, 5.41) is 22.6. The van der Waals surface area contributed by atoms with Crippen LogP contribution in [0.15, 0.2) is 24.3 Å². The fourth-order valence-electron chi connectivity index (χ4n) is 5.97. The number of rotatable bonds is 2. The van der Waals surface area contributed by atoms with Crippen molar-refractivity contribution in [2.75, 3.05) is 13.0 Å². The molecule has 1 aromatic carbocycles. The van der Waals surface area contributed by atoms with E-state index in [9.17, 15) is 10.2 Å². The van der Waals surface area contributed by atoms with Gasteiger partial charge in [0.1, 0.15) is 6.10 Å². The highest BCUT2D eigenvalue weighted by Gasteiger charge is 2.71. The number of benzene rings is 1. The van der Waals surface area contributed by atoms with Gasteiger partial charge in [0.2, 0.25) is 0 Å². The number of likely N-dealkylation sites (tertiary alicyclic amines) is 1. The number of hydrogen-bond donors (Lipinski definition) is 2. The Morgan fingerprint density at radius 2 is 2.24 bits per heavy atom. The molecule has 1 saturated heterocycles. The molecule has 0 radical (unpaired) electrons. The Morgan fingerprint density at radius 1 is 1.40 bits per heavy atom. The normalized spacial score (nSPS) is 45.0. The van der Waals surface area contributed by atoms with Crippen LogP contribution < -0.4 is 4.74 Å². The van der Waals surface area contributed by atoms with E-state index in [1.165, 1.54) is 0 Å². The average molecular weight is 342 g/mol. The first-order valence-corrected chi connectivity index (χ1v) is 9.34. The molecule has 132 valence electrons. The molecule has 1 aromatic rings. The van der Waals surface area contributed by atoms with Crippen LogP contribution in [0.25, 0.3) is 0 Å². The van der Waals surface area contributed by atoms with E-state index in [0.717, 1.165) is 16.7 Å². The maximum absolute atomic E-state index is 12.2. The van der Waals surface area contributed by atoms with Crippen molar-refractivity contribution in [3.8, 4) is 11.5 Å². The molecule has 2 bridgehead atoms. The Labute approximate surface area is 152 Å². The van der Waals surface area contributed by atoms with Crippen molar-refractivity contribution >= 4 is 0 Å². The van der Waals surface area contributed by atoms with Crippen molar-refractivity contribution in [3.63, 3.8) is 0 Å². The van der Waals surface area contributed by atoms with Crippen LogP contribution in [-0.2, 0) is 11.8 Å². The Kier molecular flexibility index (Phi) is 2.11. The zero-order valence-corrected chi connectivity index (χ0v) is 14.2. The van der Waals surface area contributed by atoms with E-state index in [2.05, 4.69) is 6.58 Å². The van der Waals surface area contributed by atoms with Gasteiger partial charge in [0.15, 0.2) is 11.5 Å². The molecular formula is C21H25NO3. The number of ether oxygens (including phenoxy) is 1. The van der Waals surface area contributed by atoms with Crippen LogP contribution in [0.1, 0.15) is 47.3 Å². The van der Waals surface area contributed by atoms with Crippen LogP contribution in [0.5, 0.6) is 11.5 Å². The second-order valence-electron chi connectivity index (χ2n) is 8.38. The Balaban J connectivity index is 1.58. The van der Waals surface area contributed by atoms with Crippen molar-refractivity contribution in [3.05, 3.63) is 35.4 Å². The molecule has 4 nitrogen and oxygen atoms in total. The summed E-state index contributed by atoms with van der Waals surface area (Å²) in [6.45, 7) is 2.89. The predicted octanol–water partition coefficient (Wildman–Crippen LogP) is 2.51. The molecule has 1 spiro atoms. The van der Waals surface area contributed by atoms with Gasteiger partial charge in [-0.05, 0) is 68.2 Å². The summed E-state index contributed by atoms with van der Waals surface area (Å²) in [5.41, 5.74) is 0.990. The van der Waals surface area contributed by atoms with Crippen LogP contribution in [0, 0.1) is 5.89 Å². The van der Waals surface area contributed by atoms with Crippen molar-refractivity contribution in [2.45, 2.75) is 61.7 Å². The summed E-state index contributed by atoms with van der Waals surface area (Å²) in [5.74, 6) is -0.520. The highest BCUT2D eigenvalue weighted by molar-refractivity contribution is 5.63. The number of aliphatic hydroxyl groups is 1. The molecule has 5 aliphatic rings. The molecule has 2 unspecified atom stereocenters. The van der Waals surface area contributed by atoms with Crippen molar-refractivity contribution in [1.29, 1.82) is 0 Å². The topological polar surface area (TPSA) is 52.9 Å². The van der Waals surface area contributed by atoms with Gasteiger partial charge < -0.3 is 14.9 Å². The van der Waals surface area contributed by atoms with Crippen molar-refractivity contribution < 1.29 is 19.1 Å². The molecule has 6 rings (SSSR count). The minimum absolute atomic E-state index is 0.0944. The summed E-state index contributed by atoms with van der Waals surface area (Å²) in [7, 11) is 0. The van der Waals surface area contributed by atoms with Crippen LogP contribution in [0.4, 0.5) is 0 Å².